The number of nitrogens with two attached hydrogens (primary N) is 1. The van der Waals surface area contributed by atoms with Crippen LogP contribution in [0, 0.1) is 11.8 Å². The third-order valence-corrected chi connectivity index (χ3v) is 5.41. The summed E-state index contributed by atoms with van der Waals surface area (Å²) in [5.41, 5.74) is 7.24. The number of hydrogen-bond donors (Lipinski definition) is 3. The zero-order valence-electron chi connectivity index (χ0n) is 20.8. The maximum Gasteiger partial charge on any atom is 0.246 e. The lowest BCUT2D eigenvalue weighted by Crippen LogP contribution is -2.30. The first kappa shape index (κ1) is 28.3. The summed E-state index contributed by atoms with van der Waals surface area (Å²) < 4.78 is 29.4. The molecule has 1 aliphatic heterocycles. The van der Waals surface area contributed by atoms with Crippen LogP contribution in [0.1, 0.15) is 25.1 Å². The average Bonchev–Trinajstić information content (AvgIpc) is 3.48. The lowest BCUT2D eigenvalue weighted by Gasteiger charge is -2.16. The Hall–Kier alpha value is -3.31. The molecular weight excluding hydrogens is 482 g/mol. The molecular formula is C25H33N5O7. The van der Waals surface area contributed by atoms with E-state index in [-0.39, 0.29) is 44.4 Å². The van der Waals surface area contributed by atoms with Crippen molar-refractivity contribution in [2.45, 2.75) is 38.1 Å². The second kappa shape index (κ2) is 14.4. The molecule has 0 saturated carbocycles. The zero-order chi connectivity index (χ0) is 26.6. The van der Waals surface area contributed by atoms with Gasteiger partial charge in [0.25, 0.3) is 0 Å². The number of ether oxygens (including phenoxy) is 5. The Morgan fingerprint density at radius 3 is 2.95 bits per heavy atom. The second-order valence-corrected chi connectivity index (χ2v) is 8.02. The van der Waals surface area contributed by atoms with Crippen LogP contribution in [0.2, 0.25) is 0 Å². The van der Waals surface area contributed by atoms with E-state index in [4.69, 9.17) is 29.4 Å². The summed E-state index contributed by atoms with van der Waals surface area (Å²) in [4.78, 5) is 20.4. The molecule has 4 unspecified atom stereocenters. The SMILES string of the molecule is C=CCOCOC1CC(n2cc(C#CCNC(=O)COC(C)OCC=C)c3c(N)ncnc32)OC1CO. The number of carbonyl (C=O) groups is 1. The minimum absolute atomic E-state index is 0.0546. The van der Waals surface area contributed by atoms with Crippen molar-refractivity contribution in [2.24, 2.45) is 0 Å². The van der Waals surface area contributed by atoms with Crippen molar-refractivity contribution in [1.29, 1.82) is 0 Å². The van der Waals surface area contributed by atoms with Gasteiger partial charge in [0.1, 0.15) is 43.5 Å². The number of nitrogens with one attached hydrogen (secondary N) is 1. The molecule has 2 aromatic heterocycles. The molecule has 4 atom stereocenters. The maximum absolute atomic E-state index is 12.0. The van der Waals surface area contributed by atoms with Crippen molar-refractivity contribution in [3.8, 4) is 11.8 Å². The molecule has 3 heterocycles. The molecule has 1 fully saturated rings. The van der Waals surface area contributed by atoms with Gasteiger partial charge in [0, 0.05) is 12.6 Å². The van der Waals surface area contributed by atoms with Crippen LogP contribution in [0.15, 0.2) is 37.8 Å². The lowest BCUT2D eigenvalue weighted by molar-refractivity contribution is -0.147. The highest BCUT2D eigenvalue weighted by Crippen LogP contribution is 2.35. The predicted octanol–water partition coefficient (Wildman–Crippen LogP) is 0.872. The molecule has 1 amide bonds. The van der Waals surface area contributed by atoms with Gasteiger partial charge in [0.05, 0.1) is 43.4 Å². The van der Waals surface area contributed by atoms with E-state index < -0.39 is 18.6 Å². The van der Waals surface area contributed by atoms with E-state index in [0.717, 1.165) is 0 Å². The third-order valence-electron chi connectivity index (χ3n) is 5.41. The normalized spacial score (nSPS) is 19.8. The third kappa shape index (κ3) is 7.83. The lowest BCUT2D eigenvalue weighted by atomic mass is 10.2. The highest BCUT2D eigenvalue weighted by atomic mass is 16.7. The van der Waals surface area contributed by atoms with E-state index in [0.29, 0.717) is 36.2 Å². The van der Waals surface area contributed by atoms with Crippen molar-refractivity contribution in [2.75, 3.05) is 45.5 Å². The van der Waals surface area contributed by atoms with Gasteiger partial charge in [-0.2, -0.15) is 0 Å². The van der Waals surface area contributed by atoms with Gasteiger partial charge in [-0.05, 0) is 6.92 Å². The molecule has 200 valence electrons. The van der Waals surface area contributed by atoms with Crippen molar-refractivity contribution >= 4 is 22.8 Å². The number of hydrogen-bond acceptors (Lipinski definition) is 10. The second-order valence-electron chi connectivity index (χ2n) is 8.02. The maximum atomic E-state index is 12.0. The molecule has 3 rings (SSSR count). The quantitative estimate of drug-likeness (QED) is 0.143. The summed E-state index contributed by atoms with van der Waals surface area (Å²) in [5.74, 6) is 5.86. The van der Waals surface area contributed by atoms with E-state index in [1.807, 2.05) is 0 Å². The minimum atomic E-state index is -0.536. The highest BCUT2D eigenvalue weighted by molar-refractivity contribution is 5.92. The van der Waals surface area contributed by atoms with E-state index in [1.165, 1.54) is 6.33 Å². The van der Waals surface area contributed by atoms with Crippen LogP contribution in [0.3, 0.4) is 0 Å². The van der Waals surface area contributed by atoms with Crippen molar-refractivity contribution in [3.63, 3.8) is 0 Å². The Kier molecular flexibility index (Phi) is 11.0. The predicted molar refractivity (Wildman–Crippen MR) is 135 cm³/mol. The molecule has 1 aliphatic rings. The summed E-state index contributed by atoms with van der Waals surface area (Å²) in [6, 6.07) is 0. The first-order valence-corrected chi connectivity index (χ1v) is 11.8. The van der Waals surface area contributed by atoms with E-state index in [1.54, 1.807) is 29.8 Å². The van der Waals surface area contributed by atoms with Gasteiger partial charge in [0.15, 0.2) is 6.29 Å². The first-order chi connectivity index (χ1) is 18.0. The van der Waals surface area contributed by atoms with Crippen LogP contribution in [0.4, 0.5) is 5.82 Å². The fraction of sp³-hybridized carbons (Fsp3) is 0.480. The summed E-state index contributed by atoms with van der Waals surface area (Å²) in [6.07, 6.45) is 4.88. The number of nitrogen functional groups attached to an aromatic ring is 1. The van der Waals surface area contributed by atoms with E-state index >= 15 is 0 Å². The molecule has 2 aromatic rings. The van der Waals surface area contributed by atoms with Gasteiger partial charge in [-0.25, -0.2) is 9.97 Å². The number of aromatic nitrogens is 3. The van der Waals surface area contributed by atoms with E-state index in [9.17, 15) is 9.90 Å². The van der Waals surface area contributed by atoms with Crippen LogP contribution < -0.4 is 11.1 Å². The Morgan fingerprint density at radius 2 is 2.19 bits per heavy atom. The summed E-state index contributed by atoms with van der Waals surface area (Å²) in [7, 11) is 0. The average molecular weight is 516 g/mol. The molecule has 0 aromatic carbocycles. The summed E-state index contributed by atoms with van der Waals surface area (Å²) >= 11 is 0. The smallest absolute Gasteiger partial charge is 0.246 e. The van der Waals surface area contributed by atoms with Gasteiger partial charge in [0.2, 0.25) is 5.91 Å². The zero-order valence-corrected chi connectivity index (χ0v) is 20.8. The molecule has 1 saturated heterocycles. The van der Waals surface area contributed by atoms with Crippen molar-refractivity contribution < 1.29 is 33.6 Å². The molecule has 12 nitrogen and oxygen atoms in total. The number of rotatable bonds is 14. The van der Waals surface area contributed by atoms with Gasteiger partial charge < -0.3 is 44.4 Å². The van der Waals surface area contributed by atoms with Crippen LogP contribution in [0.25, 0.3) is 11.0 Å². The Bertz CT molecular complexity index is 1130. The molecule has 4 N–H and O–H groups in total. The Balaban J connectivity index is 1.66. The van der Waals surface area contributed by atoms with Crippen molar-refractivity contribution in [1.82, 2.24) is 19.9 Å². The fourth-order valence-corrected chi connectivity index (χ4v) is 3.68. The number of aliphatic hydroxyl groups excluding tert-OH is 1. The number of aliphatic hydroxyl groups is 1. The molecule has 12 heteroatoms. The van der Waals surface area contributed by atoms with Gasteiger partial charge >= 0.3 is 0 Å². The molecule has 0 aliphatic carbocycles. The van der Waals surface area contributed by atoms with Gasteiger partial charge in [-0.3, -0.25) is 4.79 Å². The Labute approximate surface area is 215 Å². The molecule has 37 heavy (non-hydrogen) atoms. The van der Waals surface area contributed by atoms with Crippen LogP contribution in [-0.4, -0.2) is 83.8 Å². The molecule has 0 bridgehead atoms. The van der Waals surface area contributed by atoms with Gasteiger partial charge in [-0.1, -0.05) is 24.0 Å². The van der Waals surface area contributed by atoms with E-state index in [2.05, 4.69) is 40.3 Å². The van der Waals surface area contributed by atoms with Crippen LogP contribution in [-0.2, 0) is 28.5 Å². The molecule has 0 spiro atoms. The minimum Gasteiger partial charge on any atom is -0.394 e. The molecule has 0 radical (unpaired) electrons. The number of amides is 1. The fourth-order valence-electron chi connectivity index (χ4n) is 3.68. The topological polar surface area (TPSA) is 152 Å². The largest absolute Gasteiger partial charge is 0.394 e. The number of nitrogens with zero attached hydrogens (tertiary/aromatic N) is 3. The van der Waals surface area contributed by atoms with Crippen LogP contribution >= 0.6 is 0 Å². The van der Waals surface area contributed by atoms with Crippen molar-refractivity contribution in [3.05, 3.63) is 43.4 Å². The summed E-state index contributed by atoms with van der Waals surface area (Å²) in [5, 5.41) is 13.0. The van der Waals surface area contributed by atoms with Gasteiger partial charge in [-0.15, -0.1) is 13.2 Å². The number of fused-ring (bicyclic) bond motifs is 1. The Morgan fingerprint density at radius 1 is 1.38 bits per heavy atom. The number of anilines is 1. The summed E-state index contributed by atoms with van der Waals surface area (Å²) in [6.45, 7) is 9.31. The standard InChI is InChI=1S/C25H33N5O7/c1-4-9-33-16-36-19-11-22(37-20(19)13-31)30-12-18(23-24(26)28-15-29-25(23)30)7-6-8-27-21(32)14-35-17(3)34-10-5-2/h4-5,12,15,17,19-20,22,31H,1-2,8-11,13-14,16H2,3H3,(H,27,32)(H2,26,28,29). The highest BCUT2D eigenvalue weighted by Gasteiger charge is 2.37. The monoisotopic (exact) mass is 515 g/mol. The first-order valence-electron chi connectivity index (χ1n) is 11.8. The van der Waals surface area contributed by atoms with Crippen LogP contribution in [0.5, 0.6) is 0 Å². The number of carbonyl (C=O) groups excluding carboxylic acids is 1.